The normalized spacial score (nSPS) is 19.5. The number of H-pyrrole nitrogens is 1. The molecule has 0 bridgehead atoms. The molecule has 2 aromatic rings. The third kappa shape index (κ3) is 1.77. The number of fused-ring (bicyclic) bond motifs is 3. The van der Waals surface area contributed by atoms with Gasteiger partial charge in [0.2, 0.25) is 0 Å². The summed E-state index contributed by atoms with van der Waals surface area (Å²) >= 11 is 0. The number of nitrogens with two attached hydrogens (primary N) is 1. The van der Waals surface area contributed by atoms with E-state index in [4.69, 9.17) is 5.73 Å². The van der Waals surface area contributed by atoms with Crippen molar-refractivity contribution in [3.8, 4) is 0 Å². The van der Waals surface area contributed by atoms with Crippen LogP contribution in [-0.4, -0.2) is 11.0 Å². The molecule has 2 nitrogen and oxygen atoms in total. The summed E-state index contributed by atoms with van der Waals surface area (Å²) in [7, 11) is 0. The molecule has 0 amide bonds. The van der Waals surface area contributed by atoms with Gasteiger partial charge in [-0.25, -0.2) is 0 Å². The van der Waals surface area contributed by atoms with Crippen molar-refractivity contribution in [3.05, 3.63) is 35.0 Å². The second-order valence-electron chi connectivity index (χ2n) is 5.19. The fourth-order valence-electron chi connectivity index (χ4n) is 3.05. The molecule has 3 rings (SSSR count). The van der Waals surface area contributed by atoms with Crippen LogP contribution in [0.4, 0.5) is 0 Å². The van der Waals surface area contributed by atoms with E-state index in [9.17, 15) is 0 Å². The zero-order valence-corrected chi connectivity index (χ0v) is 10.4. The molecule has 0 aliphatic heterocycles. The topological polar surface area (TPSA) is 41.8 Å². The number of nitrogens with one attached hydrogen (secondary N) is 1. The van der Waals surface area contributed by atoms with Gasteiger partial charge in [0.1, 0.15) is 0 Å². The molecule has 1 aromatic carbocycles. The fourth-order valence-corrected chi connectivity index (χ4v) is 3.05. The van der Waals surface area contributed by atoms with Gasteiger partial charge in [-0.1, -0.05) is 19.4 Å². The third-order valence-electron chi connectivity index (χ3n) is 3.90. The van der Waals surface area contributed by atoms with Crippen molar-refractivity contribution in [2.45, 2.75) is 45.1 Å². The van der Waals surface area contributed by atoms with Crippen LogP contribution in [0.15, 0.2) is 18.3 Å². The molecule has 1 aliphatic carbocycles. The van der Waals surface area contributed by atoms with Crippen LogP contribution in [0.5, 0.6) is 0 Å². The molecule has 0 saturated heterocycles. The smallest absolute Gasteiger partial charge is 0.0459 e. The molecular formula is C15H20N2. The molecule has 1 unspecified atom stereocenters. The van der Waals surface area contributed by atoms with Crippen molar-refractivity contribution in [2.24, 2.45) is 5.73 Å². The van der Waals surface area contributed by atoms with Gasteiger partial charge in [-0.3, -0.25) is 0 Å². The number of hydrogen-bond donors (Lipinski definition) is 2. The van der Waals surface area contributed by atoms with Crippen molar-refractivity contribution in [3.63, 3.8) is 0 Å². The number of hydrogen-bond acceptors (Lipinski definition) is 1. The predicted molar refractivity (Wildman–Crippen MR) is 72.3 cm³/mol. The van der Waals surface area contributed by atoms with E-state index in [-0.39, 0.29) is 0 Å². The highest BCUT2D eigenvalue weighted by atomic mass is 14.7. The van der Waals surface area contributed by atoms with Gasteiger partial charge in [0.05, 0.1) is 0 Å². The van der Waals surface area contributed by atoms with E-state index in [0.717, 1.165) is 25.7 Å². The Bertz CT molecular complexity index is 539. The molecule has 0 radical (unpaired) electrons. The number of benzene rings is 1. The SMILES string of the molecule is CCCc1c[nH]c2ccc3c(c12)CC(N)CC3. The fraction of sp³-hybridized carbons (Fsp3) is 0.467. The van der Waals surface area contributed by atoms with Gasteiger partial charge >= 0.3 is 0 Å². The van der Waals surface area contributed by atoms with E-state index in [1.165, 1.54) is 34.0 Å². The summed E-state index contributed by atoms with van der Waals surface area (Å²) < 4.78 is 0. The van der Waals surface area contributed by atoms with Gasteiger partial charge in [0, 0.05) is 23.1 Å². The molecular weight excluding hydrogens is 208 g/mol. The zero-order chi connectivity index (χ0) is 11.8. The van der Waals surface area contributed by atoms with Gasteiger partial charge in [-0.15, -0.1) is 0 Å². The van der Waals surface area contributed by atoms with E-state index in [2.05, 4.69) is 30.2 Å². The van der Waals surface area contributed by atoms with Crippen molar-refractivity contribution in [1.82, 2.24) is 4.98 Å². The number of aromatic nitrogens is 1. The average molecular weight is 228 g/mol. The van der Waals surface area contributed by atoms with Crippen molar-refractivity contribution < 1.29 is 0 Å². The molecule has 90 valence electrons. The minimum absolute atomic E-state index is 0.345. The van der Waals surface area contributed by atoms with Gasteiger partial charge in [-0.05, 0) is 48.4 Å². The first-order chi connectivity index (χ1) is 8.29. The highest BCUT2D eigenvalue weighted by Crippen LogP contribution is 2.31. The van der Waals surface area contributed by atoms with E-state index in [1.807, 2.05) is 0 Å². The van der Waals surface area contributed by atoms with Crippen LogP contribution in [-0.2, 0) is 19.3 Å². The van der Waals surface area contributed by atoms with Gasteiger partial charge in [0.15, 0.2) is 0 Å². The number of rotatable bonds is 2. The predicted octanol–water partition coefficient (Wildman–Crippen LogP) is 2.94. The summed E-state index contributed by atoms with van der Waals surface area (Å²) in [6.07, 6.45) is 7.85. The Kier molecular flexibility index (Phi) is 2.67. The van der Waals surface area contributed by atoms with Crippen molar-refractivity contribution >= 4 is 10.9 Å². The highest BCUT2D eigenvalue weighted by molar-refractivity contribution is 5.88. The number of aromatic amines is 1. The van der Waals surface area contributed by atoms with Crippen LogP contribution in [0.1, 0.15) is 36.5 Å². The molecule has 17 heavy (non-hydrogen) atoms. The molecule has 1 aromatic heterocycles. The maximum atomic E-state index is 6.12. The first kappa shape index (κ1) is 10.8. The molecule has 2 heteroatoms. The Morgan fingerprint density at radius 3 is 3.12 bits per heavy atom. The quantitative estimate of drug-likeness (QED) is 0.815. The Labute approximate surface area is 102 Å². The minimum Gasteiger partial charge on any atom is -0.361 e. The van der Waals surface area contributed by atoms with Gasteiger partial charge in [0.25, 0.3) is 0 Å². The second-order valence-corrected chi connectivity index (χ2v) is 5.19. The standard InChI is InChI=1S/C15H20N2/c1-2-3-11-9-17-14-7-5-10-4-6-12(16)8-13(10)15(11)14/h5,7,9,12,17H,2-4,6,8,16H2,1H3. The molecule has 0 saturated carbocycles. The van der Waals surface area contributed by atoms with E-state index < -0.39 is 0 Å². The lowest BCUT2D eigenvalue weighted by Gasteiger charge is -2.22. The molecule has 0 spiro atoms. The van der Waals surface area contributed by atoms with E-state index in [0.29, 0.717) is 6.04 Å². The van der Waals surface area contributed by atoms with Crippen LogP contribution in [0, 0.1) is 0 Å². The Hall–Kier alpha value is -1.28. The first-order valence-electron chi connectivity index (χ1n) is 6.66. The van der Waals surface area contributed by atoms with Crippen LogP contribution < -0.4 is 5.73 Å². The van der Waals surface area contributed by atoms with E-state index >= 15 is 0 Å². The minimum atomic E-state index is 0.345. The van der Waals surface area contributed by atoms with Crippen LogP contribution in [0.25, 0.3) is 10.9 Å². The second kappa shape index (κ2) is 4.19. The van der Waals surface area contributed by atoms with Crippen LogP contribution in [0.2, 0.25) is 0 Å². The summed E-state index contributed by atoms with van der Waals surface area (Å²) in [6.45, 7) is 2.24. The molecule has 0 fully saturated rings. The monoisotopic (exact) mass is 228 g/mol. The highest BCUT2D eigenvalue weighted by Gasteiger charge is 2.19. The maximum absolute atomic E-state index is 6.12. The Balaban J connectivity index is 2.20. The van der Waals surface area contributed by atoms with Crippen molar-refractivity contribution in [2.75, 3.05) is 0 Å². The van der Waals surface area contributed by atoms with Gasteiger partial charge < -0.3 is 10.7 Å². The number of aryl methyl sites for hydroxylation is 2. The lowest BCUT2D eigenvalue weighted by atomic mass is 9.85. The molecule has 1 heterocycles. The van der Waals surface area contributed by atoms with E-state index in [1.54, 1.807) is 0 Å². The lowest BCUT2D eigenvalue weighted by molar-refractivity contribution is 0.579. The van der Waals surface area contributed by atoms with Gasteiger partial charge in [-0.2, -0.15) is 0 Å². The molecule has 1 aliphatic rings. The average Bonchev–Trinajstić information content (AvgIpc) is 2.73. The van der Waals surface area contributed by atoms with Crippen LogP contribution in [0.3, 0.4) is 0 Å². The summed E-state index contributed by atoms with van der Waals surface area (Å²) in [5, 5.41) is 1.46. The summed E-state index contributed by atoms with van der Waals surface area (Å²) in [6, 6.07) is 4.84. The van der Waals surface area contributed by atoms with Crippen molar-refractivity contribution in [1.29, 1.82) is 0 Å². The first-order valence-corrected chi connectivity index (χ1v) is 6.66. The summed E-state index contributed by atoms with van der Waals surface area (Å²) in [4.78, 5) is 3.40. The maximum Gasteiger partial charge on any atom is 0.0459 e. The Morgan fingerprint density at radius 2 is 2.29 bits per heavy atom. The summed E-state index contributed by atoms with van der Waals surface area (Å²) in [5.74, 6) is 0. The summed E-state index contributed by atoms with van der Waals surface area (Å²) in [5.41, 5.74) is 11.9. The zero-order valence-electron chi connectivity index (χ0n) is 10.4. The lowest BCUT2D eigenvalue weighted by Crippen LogP contribution is -2.28. The molecule has 3 N–H and O–H groups in total. The Morgan fingerprint density at radius 1 is 1.41 bits per heavy atom. The van der Waals surface area contributed by atoms with Crippen LogP contribution >= 0.6 is 0 Å². The third-order valence-corrected chi connectivity index (χ3v) is 3.90. The molecule has 1 atom stereocenters. The largest absolute Gasteiger partial charge is 0.361 e.